The first-order valence-corrected chi connectivity index (χ1v) is 6.69. The number of halogens is 1. The van der Waals surface area contributed by atoms with Crippen LogP contribution in [0.1, 0.15) is 31.1 Å². The molecule has 1 rings (SSSR count). The van der Waals surface area contributed by atoms with Gasteiger partial charge in [0, 0.05) is 5.02 Å². The third kappa shape index (κ3) is 4.96. The Hall–Kier alpha value is -2.21. The number of ether oxygens (including phenoxy) is 3. The summed E-state index contributed by atoms with van der Waals surface area (Å²) in [7, 11) is 1.13. The van der Waals surface area contributed by atoms with Crippen LogP contribution in [0.5, 0.6) is 5.75 Å². The van der Waals surface area contributed by atoms with E-state index >= 15 is 0 Å². The van der Waals surface area contributed by atoms with Crippen LogP contribution in [-0.4, -0.2) is 29.8 Å². The molecular formula is C15H17ClO6. The fourth-order valence-corrected chi connectivity index (χ4v) is 1.60. The van der Waals surface area contributed by atoms with E-state index < -0.39 is 23.3 Å². The van der Waals surface area contributed by atoms with Crippen LogP contribution in [0.15, 0.2) is 30.2 Å². The van der Waals surface area contributed by atoms with Crippen LogP contribution in [0.25, 0.3) is 0 Å². The van der Waals surface area contributed by atoms with Crippen molar-refractivity contribution in [3.8, 4) is 5.75 Å². The summed E-state index contributed by atoms with van der Waals surface area (Å²) in [6.45, 7) is 5.14. The third-order valence-electron chi connectivity index (χ3n) is 2.28. The molecule has 0 aliphatic carbocycles. The number of methoxy groups -OCH3 is 1. The lowest BCUT2D eigenvalue weighted by Crippen LogP contribution is -2.24. The first kappa shape index (κ1) is 17.8. The van der Waals surface area contributed by atoms with Gasteiger partial charge in [0.2, 0.25) is 5.76 Å². The van der Waals surface area contributed by atoms with Gasteiger partial charge in [0.15, 0.2) is 0 Å². The maximum atomic E-state index is 12.2. The number of rotatable bonds is 4. The molecule has 0 atom stereocenters. The van der Waals surface area contributed by atoms with E-state index in [9.17, 15) is 9.59 Å². The van der Waals surface area contributed by atoms with Gasteiger partial charge in [0.25, 0.3) is 0 Å². The second-order valence-electron chi connectivity index (χ2n) is 5.23. The van der Waals surface area contributed by atoms with Gasteiger partial charge in [0.1, 0.15) is 23.2 Å². The maximum Gasteiger partial charge on any atom is 0.377 e. The Labute approximate surface area is 133 Å². The Bertz CT molecular complexity index is 601. The van der Waals surface area contributed by atoms with Crippen LogP contribution < -0.4 is 4.74 Å². The Morgan fingerprint density at radius 3 is 2.41 bits per heavy atom. The summed E-state index contributed by atoms with van der Waals surface area (Å²) in [6.07, 6.45) is 0.444. The highest BCUT2D eigenvalue weighted by Crippen LogP contribution is 2.27. The van der Waals surface area contributed by atoms with Gasteiger partial charge < -0.3 is 19.3 Å². The fourth-order valence-electron chi connectivity index (χ4n) is 1.42. The first-order valence-electron chi connectivity index (χ1n) is 6.31. The largest absolute Gasteiger partial charge is 0.511 e. The molecule has 0 spiro atoms. The quantitative estimate of drug-likeness (QED) is 0.519. The minimum absolute atomic E-state index is 0.00403. The van der Waals surface area contributed by atoms with Gasteiger partial charge in [-0.25, -0.2) is 9.59 Å². The summed E-state index contributed by atoms with van der Waals surface area (Å²) >= 11 is 5.87. The van der Waals surface area contributed by atoms with E-state index in [0.29, 0.717) is 11.3 Å². The maximum absolute atomic E-state index is 12.2. The highest BCUT2D eigenvalue weighted by atomic mass is 35.5. The van der Waals surface area contributed by atoms with Crippen molar-refractivity contribution in [3.05, 3.63) is 40.8 Å². The van der Waals surface area contributed by atoms with Crippen LogP contribution in [-0.2, 0) is 14.3 Å². The van der Waals surface area contributed by atoms with Crippen molar-refractivity contribution in [1.82, 2.24) is 0 Å². The third-order valence-corrected chi connectivity index (χ3v) is 2.52. The zero-order valence-electron chi connectivity index (χ0n) is 12.7. The molecule has 0 saturated carbocycles. The highest BCUT2D eigenvalue weighted by Gasteiger charge is 2.23. The summed E-state index contributed by atoms with van der Waals surface area (Å²) in [5.74, 6) is -2.04. The zero-order valence-corrected chi connectivity index (χ0v) is 13.4. The molecule has 0 saturated heterocycles. The molecule has 0 amide bonds. The van der Waals surface area contributed by atoms with E-state index in [1.165, 1.54) is 18.2 Å². The van der Waals surface area contributed by atoms with Crippen molar-refractivity contribution < 1.29 is 28.9 Å². The van der Waals surface area contributed by atoms with Crippen molar-refractivity contribution in [2.45, 2.75) is 26.4 Å². The Morgan fingerprint density at radius 1 is 1.27 bits per heavy atom. The molecule has 7 heteroatoms. The van der Waals surface area contributed by atoms with Crippen LogP contribution in [0.4, 0.5) is 0 Å². The lowest BCUT2D eigenvalue weighted by Gasteiger charge is -2.20. The van der Waals surface area contributed by atoms with Gasteiger partial charge in [0.05, 0.1) is 7.11 Å². The molecule has 22 heavy (non-hydrogen) atoms. The fraction of sp³-hybridized carbons (Fsp3) is 0.333. The number of carbonyl (C=O) groups is 2. The van der Waals surface area contributed by atoms with Gasteiger partial charge in [-0.1, -0.05) is 11.6 Å². The van der Waals surface area contributed by atoms with Gasteiger partial charge in [-0.05, 0) is 39.0 Å². The first-order chi connectivity index (χ1) is 10.2. The molecular weight excluding hydrogens is 312 g/mol. The number of benzene rings is 1. The molecule has 0 bridgehead atoms. The van der Waals surface area contributed by atoms with Crippen molar-refractivity contribution in [1.29, 1.82) is 0 Å². The molecule has 0 unspecified atom stereocenters. The molecule has 0 radical (unpaired) electrons. The van der Waals surface area contributed by atoms with Crippen LogP contribution >= 0.6 is 11.6 Å². The Balaban J connectivity index is 3.16. The lowest BCUT2D eigenvalue weighted by molar-refractivity contribution is -0.138. The van der Waals surface area contributed by atoms with Gasteiger partial charge >= 0.3 is 11.9 Å². The van der Waals surface area contributed by atoms with E-state index in [1.807, 2.05) is 0 Å². The summed E-state index contributed by atoms with van der Waals surface area (Å²) in [4.78, 5) is 23.6. The SMILES string of the molecule is COC(=O)C(=CO)Oc1ccc(Cl)cc1C(=O)OC(C)(C)C. The molecule has 6 nitrogen and oxygen atoms in total. The van der Waals surface area contributed by atoms with E-state index in [0.717, 1.165) is 7.11 Å². The molecule has 0 heterocycles. The van der Waals surface area contributed by atoms with Crippen LogP contribution in [0, 0.1) is 0 Å². The van der Waals surface area contributed by atoms with Gasteiger partial charge in [-0.2, -0.15) is 0 Å². The standard InChI is InChI=1S/C15H17ClO6/c1-15(2,3)22-13(18)10-7-9(16)5-6-11(10)21-12(8-17)14(19)20-4/h5-8,17H,1-4H3. The molecule has 1 aromatic rings. The lowest BCUT2D eigenvalue weighted by atomic mass is 10.1. The number of carbonyl (C=O) groups excluding carboxylic acids is 2. The monoisotopic (exact) mass is 328 g/mol. The molecule has 0 aromatic heterocycles. The smallest absolute Gasteiger partial charge is 0.377 e. The number of aliphatic hydroxyl groups is 1. The highest BCUT2D eigenvalue weighted by molar-refractivity contribution is 6.31. The van der Waals surface area contributed by atoms with Crippen molar-refractivity contribution in [2.24, 2.45) is 0 Å². The predicted molar refractivity (Wildman–Crippen MR) is 80.0 cm³/mol. The van der Waals surface area contributed by atoms with Gasteiger partial charge in [-0.3, -0.25) is 0 Å². The van der Waals surface area contributed by atoms with Crippen LogP contribution in [0.2, 0.25) is 5.02 Å². The van der Waals surface area contributed by atoms with Crippen molar-refractivity contribution in [3.63, 3.8) is 0 Å². The summed E-state index contributed by atoms with van der Waals surface area (Å²) in [6, 6.07) is 4.20. The molecule has 0 aliphatic heterocycles. The molecule has 1 N–H and O–H groups in total. The zero-order chi connectivity index (χ0) is 16.9. The molecule has 0 fully saturated rings. The van der Waals surface area contributed by atoms with E-state index in [-0.39, 0.29) is 11.3 Å². The Kier molecular flexibility index (Phi) is 5.82. The summed E-state index contributed by atoms with van der Waals surface area (Å²) in [5.41, 5.74) is -0.694. The average Bonchev–Trinajstić information content (AvgIpc) is 2.43. The van der Waals surface area contributed by atoms with E-state index in [1.54, 1.807) is 20.8 Å². The second kappa shape index (κ2) is 7.17. The second-order valence-corrected chi connectivity index (χ2v) is 5.67. The topological polar surface area (TPSA) is 82.1 Å². The van der Waals surface area contributed by atoms with E-state index in [4.69, 9.17) is 26.2 Å². The average molecular weight is 329 g/mol. The number of hydrogen-bond acceptors (Lipinski definition) is 6. The minimum atomic E-state index is -0.896. The molecule has 1 aromatic carbocycles. The molecule has 120 valence electrons. The summed E-state index contributed by atoms with van der Waals surface area (Å²) in [5, 5.41) is 9.32. The van der Waals surface area contributed by atoms with Crippen molar-refractivity contribution in [2.75, 3.05) is 7.11 Å². The molecule has 0 aliphatic rings. The number of hydrogen-bond donors (Lipinski definition) is 1. The minimum Gasteiger partial charge on any atom is -0.511 e. The number of esters is 2. The predicted octanol–water partition coefficient (Wildman–Crippen LogP) is 3.25. The Morgan fingerprint density at radius 2 is 1.91 bits per heavy atom. The van der Waals surface area contributed by atoms with Gasteiger partial charge in [-0.15, -0.1) is 0 Å². The number of aliphatic hydroxyl groups excluding tert-OH is 1. The normalized spacial score (nSPS) is 11.8. The summed E-state index contributed by atoms with van der Waals surface area (Å²) < 4.78 is 14.9. The van der Waals surface area contributed by atoms with E-state index in [2.05, 4.69) is 4.74 Å². The van der Waals surface area contributed by atoms with Crippen LogP contribution in [0.3, 0.4) is 0 Å². The van der Waals surface area contributed by atoms with Crippen molar-refractivity contribution >= 4 is 23.5 Å².